The molecular weight excluding hydrogens is 332 g/mol. The molecule has 0 fully saturated rings. The topological polar surface area (TPSA) is 69.2 Å². The van der Waals surface area contributed by atoms with Crippen LogP contribution in [0.5, 0.6) is 11.5 Å². The first-order chi connectivity index (χ1) is 12.7. The van der Waals surface area contributed by atoms with Gasteiger partial charge in [0, 0.05) is 12.0 Å². The Kier molecular flexibility index (Phi) is 7.99. The summed E-state index contributed by atoms with van der Waals surface area (Å²) < 4.78 is 16.1. The molecule has 0 unspecified atom stereocenters. The van der Waals surface area contributed by atoms with Crippen LogP contribution in [0.1, 0.15) is 25.3 Å². The van der Waals surface area contributed by atoms with E-state index < -0.39 is 0 Å². The SMILES string of the molecule is CCOC(=O)CCCOc1c(C=NNc2ccccc2)cccc1OC. The van der Waals surface area contributed by atoms with E-state index in [-0.39, 0.29) is 5.97 Å². The van der Waals surface area contributed by atoms with Crippen LogP contribution in [-0.4, -0.2) is 32.5 Å². The fourth-order valence-electron chi connectivity index (χ4n) is 2.26. The Morgan fingerprint density at radius 1 is 1.15 bits per heavy atom. The van der Waals surface area contributed by atoms with Gasteiger partial charge in [-0.25, -0.2) is 0 Å². The van der Waals surface area contributed by atoms with Crippen LogP contribution < -0.4 is 14.9 Å². The zero-order valence-corrected chi connectivity index (χ0v) is 15.1. The lowest BCUT2D eigenvalue weighted by Gasteiger charge is -2.13. The molecule has 26 heavy (non-hydrogen) atoms. The maximum atomic E-state index is 11.4. The average Bonchev–Trinajstić information content (AvgIpc) is 2.67. The Labute approximate surface area is 153 Å². The molecule has 0 aliphatic heterocycles. The lowest BCUT2D eigenvalue weighted by atomic mass is 10.2. The molecule has 6 heteroatoms. The number of carbonyl (C=O) groups is 1. The van der Waals surface area contributed by atoms with Gasteiger partial charge >= 0.3 is 5.97 Å². The normalized spacial score (nSPS) is 10.5. The summed E-state index contributed by atoms with van der Waals surface area (Å²) in [6.07, 6.45) is 2.56. The van der Waals surface area contributed by atoms with Gasteiger partial charge < -0.3 is 14.2 Å². The van der Waals surface area contributed by atoms with Crippen LogP contribution in [0.15, 0.2) is 53.6 Å². The van der Waals surface area contributed by atoms with Gasteiger partial charge in [-0.2, -0.15) is 5.10 Å². The van der Waals surface area contributed by atoms with E-state index in [1.54, 1.807) is 20.2 Å². The van der Waals surface area contributed by atoms with Gasteiger partial charge in [0.2, 0.25) is 0 Å². The summed E-state index contributed by atoms with van der Waals surface area (Å²) in [5.41, 5.74) is 4.64. The number of anilines is 1. The summed E-state index contributed by atoms with van der Waals surface area (Å²) in [5.74, 6) is 0.993. The Hall–Kier alpha value is -3.02. The highest BCUT2D eigenvalue weighted by Gasteiger charge is 2.10. The summed E-state index contributed by atoms with van der Waals surface area (Å²) in [6.45, 7) is 2.56. The van der Waals surface area contributed by atoms with Crippen LogP contribution in [0.3, 0.4) is 0 Å². The highest BCUT2D eigenvalue weighted by molar-refractivity contribution is 5.85. The average molecular weight is 356 g/mol. The maximum absolute atomic E-state index is 11.4. The van der Waals surface area contributed by atoms with Crippen molar-refractivity contribution in [2.24, 2.45) is 5.10 Å². The minimum atomic E-state index is -0.218. The van der Waals surface area contributed by atoms with E-state index in [9.17, 15) is 4.79 Å². The number of hydrogen-bond acceptors (Lipinski definition) is 6. The third kappa shape index (κ3) is 6.12. The van der Waals surface area contributed by atoms with Crippen LogP contribution >= 0.6 is 0 Å². The first-order valence-corrected chi connectivity index (χ1v) is 8.54. The molecule has 0 saturated carbocycles. The van der Waals surface area contributed by atoms with E-state index in [0.29, 0.717) is 37.6 Å². The first kappa shape index (κ1) is 19.3. The van der Waals surface area contributed by atoms with Gasteiger partial charge in [0.15, 0.2) is 11.5 Å². The van der Waals surface area contributed by atoms with Gasteiger partial charge in [0.05, 0.1) is 32.2 Å². The van der Waals surface area contributed by atoms with Crippen molar-refractivity contribution in [3.63, 3.8) is 0 Å². The fraction of sp³-hybridized carbons (Fsp3) is 0.300. The minimum absolute atomic E-state index is 0.218. The molecule has 2 rings (SSSR count). The molecule has 0 saturated heterocycles. The number of methoxy groups -OCH3 is 1. The van der Waals surface area contributed by atoms with Crippen LogP contribution in [0.4, 0.5) is 5.69 Å². The Balaban J connectivity index is 1.99. The first-order valence-electron chi connectivity index (χ1n) is 8.54. The van der Waals surface area contributed by atoms with Gasteiger partial charge in [0.25, 0.3) is 0 Å². The quantitative estimate of drug-likeness (QED) is 0.303. The van der Waals surface area contributed by atoms with E-state index in [2.05, 4.69) is 10.5 Å². The van der Waals surface area contributed by atoms with Crippen molar-refractivity contribution in [3.8, 4) is 11.5 Å². The standard InChI is InChI=1S/C20H24N2O4/c1-3-25-19(23)13-8-14-26-20-16(9-7-12-18(20)24-2)15-21-22-17-10-5-4-6-11-17/h4-7,9-12,15,22H,3,8,13-14H2,1-2H3. The van der Waals surface area contributed by atoms with Gasteiger partial charge in [0.1, 0.15) is 0 Å². The summed E-state index contributed by atoms with van der Waals surface area (Å²) in [7, 11) is 1.59. The van der Waals surface area contributed by atoms with Crippen LogP contribution in [-0.2, 0) is 9.53 Å². The lowest BCUT2D eigenvalue weighted by molar-refractivity contribution is -0.143. The second-order valence-corrected chi connectivity index (χ2v) is 5.37. The predicted octanol–water partition coefficient (Wildman–Crippen LogP) is 3.86. The molecule has 2 aromatic rings. The molecule has 0 atom stereocenters. The number of nitrogens with zero attached hydrogens (tertiary/aromatic N) is 1. The number of nitrogens with one attached hydrogen (secondary N) is 1. The lowest BCUT2D eigenvalue weighted by Crippen LogP contribution is -2.08. The molecule has 0 aliphatic carbocycles. The molecule has 6 nitrogen and oxygen atoms in total. The van der Waals surface area contributed by atoms with Crippen molar-refractivity contribution < 1.29 is 19.0 Å². The van der Waals surface area contributed by atoms with Gasteiger partial charge in [-0.1, -0.05) is 24.3 Å². The highest BCUT2D eigenvalue weighted by Crippen LogP contribution is 2.30. The van der Waals surface area contributed by atoms with Crippen molar-refractivity contribution in [2.45, 2.75) is 19.8 Å². The molecule has 0 aliphatic rings. The highest BCUT2D eigenvalue weighted by atomic mass is 16.5. The fourth-order valence-corrected chi connectivity index (χ4v) is 2.26. The number of benzene rings is 2. The van der Waals surface area contributed by atoms with E-state index in [1.165, 1.54) is 0 Å². The van der Waals surface area contributed by atoms with E-state index in [0.717, 1.165) is 11.3 Å². The molecule has 0 aromatic heterocycles. The number of ether oxygens (including phenoxy) is 3. The Morgan fingerprint density at radius 2 is 1.96 bits per heavy atom. The molecule has 0 heterocycles. The van der Waals surface area contributed by atoms with E-state index in [4.69, 9.17) is 14.2 Å². The van der Waals surface area contributed by atoms with Gasteiger partial charge in [-0.05, 0) is 37.6 Å². The molecule has 0 spiro atoms. The summed E-state index contributed by atoms with van der Waals surface area (Å²) in [5, 5.41) is 4.24. The van der Waals surface area contributed by atoms with Crippen LogP contribution in [0, 0.1) is 0 Å². The van der Waals surface area contributed by atoms with Gasteiger partial charge in [-0.3, -0.25) is 10.2 Å². The van der Waals surface area contributed by atoms with Crippen molar-refractivity contribution in [1.82, 2.24) is 0 Å². The number of carbonyl (C=O) groups excluding carboxylic acids is 1. The summed E-state index contributed by atoms with van der Waals surface area (Å²) >= 11 is 0. The van der Waals surface area contributed by atoms with Crippen molar-refractivity contribution in [2.75, 3.05) is 25.7 Å². The summed E-state index contributed by atoms with van der Waals surface area (Å²) in [6, 6.07) is 15.2. The predicted molar refractivity (Wildman–Crippen MR) is 102 cm³/mol. The van der Waals surface area contributed by atoms with Crippen molar-refractivity contribution in [1.29, 1.82) is 0 Å². The number of rotatable bonds is 10. The Morgan fingerprint density at radius 3 is 2.69 bits per heavy atom. The molecule has 1 N–H and O–H groups in total. The largest absolute Gasteiger partial charge is 0.493 e. The van der Waals surface area contributed by atoms with Crippen LogP contribution in [0.25, 0.3) is 0 Å². The third-order valence-electron chi connectivity index (χ3n) is 3.48. The summed E-state index contributed by atoms with van der Waals surface area (Å²) in [4.78, 5) is 11.4. The molecule has 0 amide bonds. The molecule has 2 aromatic carbocycles. The van der Waals surface area contributed by atoms with E-state index >= 15 is 0 Å². The minimum Gasteiger partial charge on any atom is -0.493 e. The molecule has 0 radical (unpaired) electrons. The second kappa shape index (κ2) is 10.8. The van der Waals surface area contributed by atoms with Crippen molar-refractivity contribution >= 4 is 17.9 Å². The zero-order chi connectivity index (χ0) is 18.6. The number of hydrazone groups is 1. The molecular formula is C20H24N2O4. The number of para-hydroxylation sites is 2. The van der Waals surface area contributed by atoms with E-state index in [1.807, 2.05) is 48.5 Å². The maximum Gasteiger partial charge on any atom is 0.305 e. The molecule has 138 valence electrons. The monoisotopic (exact) mass is 356 g/mol. The number of hydrogen-bond donors (Lipinski definition) is 1. The number of esters is 1. The second-order valence-electron chi connectivity index (χ2n) is 5.37. The Bertz CT molecular complexity index is 717. The van der Waals surface area contributed by atoms with Gasteiger partial charge in [-0.15, -0.1) is 0 Å². The molecule has 0 bridgehead atoms. The van der Waals surface area contributed by atoms with Crippen molar-refractivity contribution in [3.05, 3.63) is 54.1 Å². The smallest absolute Gasteiger partial charge is 0.305 e. The zero-order valence-electron chi connectivity index (χ0n) is 15.1. The van der Waals surface area contributed by atoms with Crippen LogP contribution in [0.2, 0.25) is 0 Å². The third-order valence-corrected chi connectivity index (χ3v) is 3.48.